The maximum atomic E-state index is 13.2. The van der Waals surface area contributed by atoms with Crippen LogP contribution in [0.1, 0.15) is 19.1 Å². The Balaban J connectivity index is 1.55. The van der Waals surface area contributed by atoms with E-state index in [4.69, 9.17) is 4.42 Å². The topological polar surface area (TPSA) is 68.8 Å². The van der Waals surface area contributed by atoms with Crippen molar-refractivity contribution in [2.45, 2.75) is 25.8 Å². The molecule has 4 aromatic rings. The second-order valence-corrected chi connectivity index (χ2v) is 6.16. The highest BCUT2D eigenvalue weighted by molar-refractivity contribution is 5.87. The zero-order chi connectivity index (χ0) is 17.9. The molecule has 3 aromatic heterocycles. The van der Waals surface area contributed by atoms with Crippen LogP contribution >= 0.6 is 0 Å². The predicted octanol–water partition coefficient (Wildman–Crippen LogP) is 3.98. The van der Waals surface area contributed by atoms with Crippen LogP contribution in [-0.2, 0) is 6.42 Å². The van der Waals surface area contributed by atoms with Gasteiger partial charge in [-0.1, -0.05) is 0 Å². The molecule has 0 fully saturated rings. The van der Waals surface area contributed by atoms with Crippen molar-refractivity contribution >= 4 is 16.9 Å². The number of furan rings is 1. The monoisotopic (exact) mass is 351 g/mol. The van der Waals surface area contributed by atoms with Crippen LogP contribution in [0.3, 0.4) is 0 Å². The number of aryl methyl sites for hydroxylation is 1. The predicted molar refractivity (Wildman–Crippen MR) is 96.7 cm³/mol. The number of nitrogens with zero attached hydrogens (tertiary/aromatic N) is 4. The van der Waals surface area contributed by atoms with Gasteiger partial charge < -0.3 is 9.73 Å². The largest absolute Gasteiger partial charge is 0.469 e. The van der Waals surface area contributed by atoms with Gasteiger partial charge in [-0.3, -0.25) is 0 Å². The molecule has 6 nitrogen and oxygen atoms in total. The first-order chi connectivity index (χ1) is 12.7. The molecule has 0 spiro atoms. The third-order valence-corrected chi connectivity index (χ3v) is 4.22. The minimum absolute atomic E-state index is 0.201. The molecule has 1 unspecified atom stereocenters. The average Bonchev–Trinajstić information content (AvgIpc) is 3.31. The number of hydrogen-bond acceptors (Lipinski definition) is 5. The van der Waals surface area contributed by atoms with E-state index in [1.165, 1.54) is 18.5 Å². The molecule has 0 aliphatic heterocycles. The van der Waals surface area contributed by atoms with Crippen LogP contribution in [-0.4, -0.2) is 25.8 Å². The fraction of sp³-hybridized carbons (Fsp3) is 0.211. The van der Waals surface area contributed by atoms with Gasteiger partial charge in [-0.15, -0.1) is 0 Å². The summed E-state index contributed by atoms with van der Waals surface area (Å²) in [6.45, 7) is 2.10. The van der Waals surface area contributed by atoms with Crippen molar-refractivity contribution in [1.82, 2.24) is 19.7 Å². The standard InChI is InChI=1S/C19H18FN5O/c1-13(4-9-16-3-2-10-26-16)24-18-17-11-23-25(19(17)22-12-21-18)15-7-5-14(20)6-8-15/h2-3,5-8,10-13H,4,9H2,1H3,(H,21,22,24). The van der Waals surface area contributed by atoms with E-state index in [-0.39, 0.29) is 11.9 Å². The smallest absolute Gasteiger partial charge is 0.168 e. The molecule has 1 N–H and O–H groups in total. The van der Waals surface area contributed by atoms with Gasteiger partial charge in [-0.05, 0) is 49.7 Å². The van der Waals surface area contributed by atoms with Gasteiger partial charge >= 0.3 is 0 Å². The van der Waals surface area contributed by atoms with Gasteiger partial charge in [0, 0.05) is 12.5 Å². The van der Waals surface area contributed by atoms with Crippen LogP contribution in [0, 0.1) is 5.82 Å². The van der Waals surface area contributed by atoms with Crippen molar-refractivity contribution in [1.29, 1.82) is 0 Å². The van der Waals surface area contributed by atoms with E-state index in [9.17, 15) is 4.39 Å². The molecule has 7 heteroatoms. The summed E-state index contributed by atoms with van der Waals surface area (Å²) in [5, 5.41) is 8.62. The number of nitrogens with one attached hydrogen (secondary N) is 1. The van der Waals surface area contributed by atoms with E-state index in [2.05, 4.69) is 27.3 Å². The van der Waals surface area contributed by atoms with Crippen molar-refractivity contribution in [2.75, 3.05) is 5.32 Å². The normalized spacial score (nSPS) is 12.4. The molecule has 0 aliphatic carbocycles. The highest BCUT2D eigenvalue weighted by Crippen LogP contribution is 2.23. The van der Waals surface area contributed by atoms with Gasteiger partial charge in [0.1, 0.15) is 23.7 Å². The number of hydrogen-bond donors (Lipinski definition) is 1. The summed E-state index contributed by atoms with van der Waals surface area (Å²) < 4.78 is 20.2. The zero-order valence-electron chi connectivity index (χ0n) is 14.3. The lowest BCUT2D eigenvalue weighted by Gasteiger charge is -2.14. The Kier molecular flexibility index (Phi) is 4.35. The number of anilines is 1. The maximum Gasteiger partial charge on any atom is 0.168 e. The van der Waals surface area contributed by atoms with Crippen LogP contribution < -0.4 is 5.32 Å². The van der Waals surface area contributed by atoms with Crippen LogP contribution in [0.5, 0.6) is 0 Å². The van der Waals surface area contributed by atoms with E-state index in [0.29, 0.717) is 5.65 Å². The molecule has 0 saturated heterocycles. The van der Waals surface area contributed by atoms with Gasteiger partial charge in [-0.2, -0.15) is 5.10 Å². The summed E-state index contributed by atoms with van der Waals surface area (Å²) >= 11 is 0. The minimum atomic E-state index is -0.285. The van der Waals surface area contributed by atoms with Crippen LogP contribution in [0.15, 0.2) is 59.6 Å². The second-order valence-electron chi connectivity index (χ2n) is 6.16. The third-order valence-electron chi connectivity index (χ3n) is 4.22. The summed E-state index contributed by atoms with van der Waals surface area (Å²) in [5.41, 5.74) is 1.42. The Morgan fingerprint density at radius 2 is 2.04 bits per heavy atom. The SMILES string of the molecule is CC(CCc1ccco1)Nc1ncnc2c1cnn2-c1ccc(F)cc1. The first-order valence-electron chi connectivity index (χ1n) is 8.44. The lowest BCUT2D eigenvalue weighted by molar-refractivity contribution is 0.495. The molecule has 1 aromatic carbocycles. The summed E-state index contributed by atoms with van der Waals surface area (Å²) in [7, 11) is 0. The van der Waals surface area contributed by atoms with Crippen molar-refractivity contribution < 1.29 is 8.81 Å². The lowest BCUT2D eigenvalue weighted by Crippen LogP contribution is -2.17. The molecule has 0 bridgehead atoms. The Morgan fingerprint density at radius 3 is 2.81 bits per heavy atom. The quantitative estimate of drug-likeness (QED) is 0.569. The summed E-state index contributed by atoms with van der Waals surface area (Å²) in [4.78, 5) is 8.69. The first-order valence-corrected chi connectivity index (χ1v) is 8.44. The van der Waals surface area contributed by atoms with Gasteiger partial charge in [0.2, 0.25) is 0 Å². The maximum absolute atomic E-state index is 13.2. The number of rotatable bonds is 6. The highest BCUT2D eigenvalue weighted by atomic mass is 19.1. The van der Waals surface area contributed by atoms with Crippen molar-refractivity contribution in [3.8, 4) is 5.69 Å². The van der Waals surface area contributed by atoms with E-state index in [1.807, 2.05) is 12.1 Å². The fourth-order valence-electron chi connectivity index (χ4n) is 2.85. The average molecular weight is 351 g/mol. The Morgan fingerprint density at radius 1 is 1.19 bits per heavy atom. The minimum Gasteiger partial charge on any atom is -0.469 e. The van der Waals surface area contributed by atoms with Crippen LogP contribution in [0.25, 0.3) is 16.7 Å². The molecule has 4 rings (SSSR count). The fourth-order valence-corrected chi connectivity index (χ4v) is 2.85. The molecular formula is C19H18FN5O. The van der Waals surface area contributed by atoms with Gasteiger partial charge in [-0.25, -0.2) is 19.0 Å². The molecule has 0 saturated carbocycles. The van der Waals surface area contributed by atoms with Crippen molar-refractivity contribution in [3.63, 3.8) is 0 Å². The summed E-state index contributed by atoms with van der Waals surface area (Å²) in [5.74, 6) is 1.42. The van der Waals surface area contributed by atoms with E-state index in [1.54, 1.807) is 29.3 Å². The van der Waals surface area contributed by atoms with Crippen molar-refractivity contribution in [2.24, 2.45) is 0 Å². The Labute approximate surface area is 149 Å². The number of fused-ring (bicyclic) bond motifs is 1. The zero-order valence-corrected chi connectivity index (χ0v) is 14.3. The second kappa shape index (κ2) is 6.95. The Bertz CT molecular complexity index is 995. The van der Waals surface area contributed by atoms with Crippen LogP contribution in [0.2, 0.25) is 0 Å². The van der Waals surface area contributed by atoms with E-state index in [0.717, 1.165) is 35.5 Å². The number of benzene rings is 1. The van der Waals surface area contributed by atoms with E-state index >= 15 is 0 Å². The molecule has 0 amide bonds. The molecule has 132 valence electrons. The molecule has 3 heterocycles. The molecule has 0 radical (unpaired) electrons. The molecule has 1 atom stereocenters. The van der Waals surface area contributed by atoms with Gasteiger partial charge in [0.05, 0.1) is 23.5 Å². The lowest BCUT2D eigenvalue weighted by atomic mass is 10.1. The number of halogens is 1. The van der Waals surface area contributed by atoms with Crippen molar-refractivity contribution in [3.05, 3.63) is 66.8 Å². The summed E-state index contributed by atoms with van der Waals surface area (Å²) in [6.07, 6.45) is 6.67. The summed E-state index contributed by atoms with van der Waals surface area (Å²) in [6, 6.07) is 10.2. The molecular weight excluding hydrogens is 333 g/mol. The van der Waals surface area contributed by atoms with Crippen LogP contribution in [0.4, 0.5) is 10.2 Å². The highest BCUT2D eigenvalue weighted by Gasteiger charge is 2.13. The third kappa shape index (κ3) is 3.28. The molecule has 0 aliphatic rings. The first kappa shape index (κ1) is 16.3. The van der Waals surface area contributed by atoms with Gasteiger partial charge in [0.15, 0.2) is 5.65 Å². The Hall–Kier alpha value is -3.22. The van der Waals surface area contributed by atoms with Gasteiger partial charge in [0.25, 0.3) is 0 Å². The number of aromatic nitrogens is 4. The molecule has 26 heavy (non-hydrogen) atoms. The van der Waals surface area contributed by atoms with E-state index < -0.39 is 0 Å².